The Balaban J connectivity index is 2.27. The third kappa shape index (κ3) is 4.10. The number of hydrogen-bond acceptors (Lipinski definition) is 3. The fourth-order valence-corrected chi connectivity index (χ4v) is 2.03. The van der Waals surface area contributed by atoms with Crippen molar-refractivity contribution < 1.29 is 4.79 Å². The van der Waals surface area contributed by atoms with E-state index in [1.807, 2.05) is 0 Å². The average Bonchev–Trinajstić information content (AvgIpc) is 2.61. The monoisotopic (exact) mass is 227 g/mol. The van der Waals surface area contributed by atoms with Gasteiger partial charge in [-0.1, -0.05) is 6.92 Å². The molecule has 4 nitrogen and oxygen atoms in total. The van der Waals surface area contributed by atoms with Crippen molar-refractivity contribution >= 4 is 5.91 Å². The molecule has 0 radical (unpaired) electrons. The lowest BCUT2D eigenvalue weighted by atomic mass is 9.97. The molecule has 4 heteroatoms. The molecule has 1 fully saturated rings. The molecule has 0 aromatic rings. The van der Waals surface area contributed by atoms with Crippen LogP contribution in [0.25, 0.3) is 0 Å². The van der Waals surface area contributed by atoms with Crippen LogP contribution in [0.2, 0.25) is 0 Å². The predicted molar refractivity (Wildman–Crippen MR) is 66.3 cm³/mol. The van der Waals surface area contributed by atoms with Crippen LogP contribution in [0.5, 0.6) is 0 Å². The Labute approximate surface area is 98.8 Å². The highest BCUT2D eigenvalue weighted by atomic mass is 16.2. The summed E-state index contributed by atoms with van der Waals surface area (Å²) >= 11 is 0. The average molecular weight is 227 g/mol. The van der Waals surface area contributed by atoms with Gasteiger partial charge in [-0.2, -0.15) is 0 Å². The van der Waals surface area contributed by atoms with E-state index >= 15 is 0 Å². The topological polar surface area (TPSA) is 44.4 Å². The van der Waals surface area contributed by atoms with E-state index < -0.39 is 0 Å². The van der Waals surface area contributed by atoms with Crippen molar-refractivity contribution in [3.63, 3.8) is 0 Å². The van der Waals surface area contributed by atoms with E-state index in [0.29, 0.717) is 5.92 Å². The quantitative estimate of drug-likeness (QED) is 0.710. The third-order valence-corrected chi connectivity index (χ3v) is 3.25. The molecular formula is C12H25N3O. The molecule has 94 valence electrons. The largest absolute Gasteiger partial charge is 0.353 e. The van der Waals surface area contributed by atoms with Crippen molar-refractivity contribution in [2.75, 3.05) is 33.7 Å². The highest BCUT2D eigenvalue weighted by Crippen LogP contribution is 2.15. The maximum absolute atomic E-state index is 11.9. The van der Waals surface area contributed by atoms with Crippen LogP contribution in [0.15, 0.2) is 0 Å². The maximum atomic E-state index is 11.9. The van der Waals surface area contributed by atoms with Crippen LogP contribution in [-0.2, 0) is 4.79 Å². The van der Waals surface area contributed by atoms with Gasteiger partial charge in [0.15, 0.2) is 0 Å². The van der Waals surface area contributed by atoms with Crippen molar-refractivity contribution in [1.29, 1.82) is 0 Å². The molecule has 1 saturated heterocycles. The van der Waals surface area contributed by atoms with Crippen LogP contribution in [0.1, 0.15) is 20.3 Å². The maximum Gasteiger partial charge on any atom is 0.224 e. The fraction of sp³-hybridized carbons (Fsp3) is 0.917. The van der Waals surface area contributed by atoms with Crippen LogP contribution in [-0.4, -0.2) is 50.6 Å². The molecule has 1 rings (SSSR count). The first-order valence-corrected chi connectivity index (χ1v) is 6.16. The lowest BCUT2D eigenvalue weighted by molar-refractivity contribution is -0.126. The van der Waals surface area contributed by atoms with E-state index in [1.54, 1.807) is 0 Å². The zero-order valence-corrected chi connectivity index (χ0v) is 10.9. The van der Waals surface area contributed by atoms with E-state index in [2.05, 4.69) is 43.5 Å². The summed E-state index contributed by atoms with van der Waals surface area (Å²) < 4.78 is 0. The van der Waals surface area contributed by atoms with Crippen LogP contribution >= 0.6 is 0 Å². The molecule has 1 heterocycles. The van der Waals surface area contributed by atoms with Gasteiger partial charge < -0.3 is 15.5 Å². The van der Waals surface area contributed by atoms with Crippen molar-refractivity contribution in [3.05, 3.63) is 0 Å². The lowest BCUT2D eigenvalue weighted by Crippen LogP contribution is -2.40. The number of carbonyl (C=O) groups is 1. The normalized spacial score (nSPS) is 27.1. The van der Waals surface area contributed by atoms with Crippen molar-refractivity contribution in [1.82, 2.24) is 15.5 Å². The molecule has 1 unspecified atom stereocenters. The minimum Gasteiger partial charge on any atom is -0.353 e. The smallest absolute Gasteiger partial charge is 0.224 e. The molecule has 1 aliphatic rings. The number of rotatable bonds is 5. The Morgan fingerprint density at radius 2 is 2.19 bits per heavy atom. The number of hydrogen-bond donors (Lipinski definition) is 2. The van der Waals surface area contributed by atoms with Gasteiger partial charge in [0.1, 0.15) is 0 Å². The minimum absolute atomic E-state index is 0.154. The van der Waals surface area contributed by atoms with Crippen LogP contribution in [0.3, 0.4) is 0 Å². The summed E-state index contributed by atoms with van der Waals surface area (Å²) in [5, 5.41) is 6.36. The third-order valence-electron chi connectivity index (χ3n) is 3.25. The first-order chi connectivity index (χ1) is 7.50. The van der Waals surface area contributed by atoms with Crippen molar-refractivity contribution in [3.8, 4) is 0 Å². The minimum atomic E-state index is 0.154. The Morgan fingerprint density at radius 3 is 2.69 bits per heavy atom. The second-order valence-corrected chi connectivity index (χ2v) is 5.24. The molecule has 0 aromatic carbocycles. The number of nitrogens with zero attached hydrogens (tertiary/aromatic N) is 1. The molecule has 0 spiro atoms. The van der Waals surface area contributed by atoms with E-state index in [9.17, 15) is 4.79 Å². The summed E-state index contributed by atoms with van der Waals surface area (Å²) in [6.45, 7) is 7.01. The summed E-state index contributed by atoms with van der Waals surface area (Å²) in [5.41, 5.74) is 0. The fourth-order valence-electron chi connectivity index (χ4n) is 2.03. The summed E-state index contributed by atoms with van der Waals surface area (Å²) in [6.07, 6.45) is 1.01. The van der Waals surface area contributed by atoms with Crippen molar-refractivity contribution in [2.45, 2.75) is 26.3 Å². The first-order valence-electron chi connectivity index (χ1n) is 6.16. The first kappa shape index (κ1) is 13.5. The van der Waals surface area contributed by atoms with E-state index in [0.717, 1.165) is 26.1 Å². The summed E-state index contributed by atoms with van der Waals surface area (Å²) in [5.74, 6) is 0.826. The predicted octanol–water partition coefficient (Wildman–Crippen LogP) is 0.298. The molecule has 16 heavy (non-hydrogen) atoms. The van der Waals surface area contributed by atoms with Gasteiger partial charge in [0.2, 0.25) is 5.91 Å². The standard InChI is InChI=1S/C12H25N3O/c1-9-7-13-8-11(9)12(16)14-10(2)5-6-15(3)4/h9-11,13H,5-8H2,1-4H3,(H,14,16)/t9-,10?,11-/m1/s1. The van der Waals surface area contributed by atoms with Crippen LogP contribution in [0.4, 0.5) is 0 Å². The van der Waals surface area contributed by atoms with Gasteiger partial charge in [-0.05, 0) is 46.4 Å². The van der Waals surface area contributed by atoms with Crippen molar-refractivity contribution in [2.24, 2.45) is 11.8 Å². The Bertz CT molecular complexity index is 230. The molecule has 1 aliphatic heterocycles. The second kappa shape index (κ2) is 6.21. The highest BCUT2D eigenvalue weighted by molar-refractivity contribution is 5.79. The zero-order valence-electron chi connectivity index (χ0n) is 10.9. The van der Waals surface area contributed by atoms with E-state index in [4.69, 9.17) is 0 Å². The van der Waals surface area contributed by atoms with Gasteiger partial charge in [-0.3, -0.25) is 4.79 Å². The Hall–Kier alpha value is -0.610. The molecule has 2 N–H and O–H groups in total. The number of amides is 1. The van der Waals surface area contributed by atoms with E-state index in [-0.39, 0.29) is 17.9 Å². The molecule has 0 bridgehead atoms. The summed E-state index contributed by atoms with van der Waals surface area (Å²) in [7, 11) is 4.11. The molecule has 0 saturated carbocycles. The molecule has 3 atom stereocenters. The Morgan fingerprint density at radius 1 is 1.50 bits per heavy atom. The van der Waals surface area contributed by atoms with Gasteiger partial charge in [-0.25, -0.2) is 0 Å². The van der Waals surface area contributed by atoms with Crippen LogP contribution < -0.4 is 10.6 Å². The SMILES string of the molecule is CC(CCN(C)C)NC(=O)[C@@H]1CNC[C@H]1C. The van der Waals surface area contributed by atoms with E-state index in [1.165, 1.54) is 0 Å². The number of nitrogens with one attached hydrogen (secondary N) is 2. The van der Waals surface area contributed by atoms with Gasteiger partial charge in [-0.15, -0.1) is 0 Å². The van der Waals surface area contributed by atoms with Gasteiger partial charge in [0.05, 0.1) is 5.92 Å². The summed E-state index contributed by atoms with van der Waals surface area (Å²) in [6, 6.07) is 0.266. The Kier molecular flexibility index (Phi) is 5.22. The summed E-state index contributed by atoms with van der Waals surface area (Å²) in [4.78, 5) is 14.1. The number of carbonyl (C=O) groups excluding carboxylic acids is 1. The molecule has 1 amide bonds. The molecule has 0 aliphatic carbocycles. The second-order valence-electron chi connectivity index (χ2n) is 5.24. The van der Waals surface area contributed by atoms with Crippen LogP contribution in [0, 0.1) is 11.8 Å². The zero-order chi connectivity index (χ0) is 12.1. The van der Waals surface area contributed by atoms with Gasteiger partial charge in [0.25, 0.3) is 0 Å². The molecular weight excluding hydrogens is 202 g/mol. The lowest BCUT2D eigenvalue weighted by Gasteiger charge is -2.20. The molecule has 0 aromatic heterocycles. The van der Waals surface area contributed by atoms with Gasteiger partial charge >= 0.3 is 0 Å². The highest BCUT2D eigenvalue weighted by Gasteiger charge is 2.29. The van der Waals surface area contributed by atoms with Gasteiger partial charge in [0, 0.05) is 12.6 Å².